The topological polar surface area (TPSA) is 33.5 Å². The number of anilines is 1. The van der Waals surface area contributed by atoms with E-state index in [0.29, 0.717) is 36.4 Å². The summed E-state index contributed by atoms with van der Waals surface area (Å²) in [6.07, 6.45) is 1.69. The van der Waals surface area contributed by atoms with Gasteiger partial charge in [-0.3, -0.25) is 9.69 Å². The number of aryl methyl sites for hydroxylation is 1. The first-order valence-electron chi connectivity index (χ1n) is 8.32. The number of carbonyl (C=O) groups is 1. The molecule has 1 saturated heterocycles. The van der Waals surface area contributed by atoms with Gasteiger partial charge in [0.15, 0.2) is 4.32 Å². The third kappa shape index (κ3) is 3.76. The third-order valence-corrected chi connectivity index (χ3v) is 6.01. The molecule has 0 unspecified atom stereocenters. The van der Waals surface area contributed by atoms with E-state index >= 15 is 0 Å². The first-order valence-corrected chi connectivity index (χ1v) is 10.3. The van der Waals surface area contributed by atoms with E-state index in [1.54, 1.807) is 36.4 Å². The first kappa shape index (κ1) is 19.3. The standard InChI is InChI=1S/C21H13Cl2NO2S2/c1-12-3-2-4-14(9-12)24-20(25)19(28-21(24)27)11-15-6-8-18(26-15)16-10-13(22)5-7-17(16)23/h2-11H,1H3/b19-11+. The maximum Gasteiger partial charge on any atom is 0.270 e. The lowest BCUT2D eigenvalue weighted by atomic mass is 10.2. The van der Waals surface area contributed by atoms with Crippen LogP contribution in [0.25, 0.3) is 17.4 Å². The van der Waals surface area contributed by atoms with Crippen molar-refractivity contribution in [1.29, 1.82) is 0 Å². The Kier molecular flexibility index (Phi) is 5.34. The van der Waals surface area contributed by atoms with Gasteiger partial charge in [0, 0.05) is 16.7 Å². The highest BCUT2D eigenvalue weighted by molar-refractivity contribution is 8.27. The molecule has 140 valence electrons. The van der Waals surface area contributed by atoms with Crippen molar-refractivity contribution in [1.82, 2.24) is 0 Å². The van der Waals surface area contributed by atoms with Crippen LogP contribution in [0.1, 0.15) is 11.3 Å². The number of rotatable bonds is 3. The number of halogens is 2. The largest absolute Gasteiger partial charge is 0.457 e. The van der Waals surface area contributed by atoms with E-state index in [9.17, 15) is 4.79 Å². The number of furan rings is 1. The fourth-order valence-corrected chi connectivity index (χ4v) is 4.51. The molecular formula is C21H13Cl2NO2S2. The highest BCUT2D eigenvalue weighted by atomic mass is 35.5. The maximum atomic E-state index is 12.9. The molecule has 2 heterocycles. The zero-order chi connectivity index (χ0) is 19.8. The highest BCUT2D eigenvalue weighted by Gasteiger charge is 2.33. The minimum atomic E-state index is -0.167. The summed E-state index contributed by atoms with van der Waals surface area (Å²) >= 11 is 19.0. The predicted molar refractivity (Wildman–Crippen MR) is 121 cm³/mol. The minimum Gasteiger partial charge on any atom is -0.457 e. The van der Waals surface area contributed by atoms with E-state index < -0.39 is 0 Å². The van der Waals surface area contributed by atoms with Crippen molar-refractivity contribution in [2.75, 3.05) is 4.90 Å². The fourth-order valence-electron chi connectivity index (χ4n) is 2.85. The second-order valence-electron chi connectivity index (χ2n) is 6.18. The van der Waals surface area contributed by atoms with Gasteiger partial charge in [-0.15, -0.1) is 0 Å². The van der Waals surface area contributed by atoms with Crippen molar-refractivity contribution in [3.8, 4) is 11.3 Å². The van der Waals surface area contributed by atoms with Crippen molar-refractivity contribution in [2.45, 2.75) is 6.92 Å². The molecule has 0 radical (unpaired) electrons. The van der Waals surface area contributed by atoms with Crippen LogP contribution in [-0.4, -0.2) is 10.2 Å². The Morgan fingerprint density at radius 2 is 1.93 bits per heavy atom. The summed E-state index contributed by atoms with van der Waals surface area (Å²) in [5, 5.41) is 1.10. The van der Waals surface area contributed by atoms with Crippen molar-refractivity contribution in [2.24, 2.45) is 0 Å². The highest BCUT2D eigenvalue weighted by Crippen LogP contribution is 2.37. The van der Waals surface area contributed by atoms with Crippen molar-refractivity contribution in [3.63, 3.8) is 0 Å². The van der Waals surface area contributed by atoms with Gasteiger partial charge in [0.05, 0.1) is 15.6 Å². The molecule has 0 N–H and O–H groups in total. The third-order valence-electron chi connectivity index (χ3n) is 4.15. The molecule has 1 aliphatic rings. The Morgan fingerprint density at radius 1 is 1.11 bits per heavy atom. The van der Waals surface area contributed by atoms with Crippen LogP contribution in [0.15, 0.2) is 63.9 Å². The number of amides is 1. The van der Waals surface area contributed by atoms with Crippen molar-refractivity contribution >= 4 is 69.2 Å². The molecule has 0 bridgehead atoms. The molecule has 4 rings (SSSR count). The monoisotopic (exact) mass is 445 g/mol. The van der Waals surface area contributed by atoms with E-state index in [0.717, 1.165) is 11.3 Å². The van der Waals surface area contributed by atoms with Crippen LogP contribution in [0.3, 0.4) is 0 Å². The molecule has 1 aliphatic heterocycles. The van der Waals surface area contributed by atoms with Crippen molar-refractivity contribution in [3.05, 3.63) is 80.9 Å². The lowest BCUT2D eigenvalue weighted by Gasteiger charge is -2.14. The Balaban J connectivity index is 1.64. The smallest absolute Gasteiger partial charge is 0.270 e. The lowest BCUT2D eigenvalue weighted by Crippen LogP contribution is -2.27. The van der Waals surface area contributed by atoms with E-state index in [1.807, 2.05) is 31.2 Å². The number of hydrogen-bond acceptors (Lipinski definition) is 4. The second-order valence-corrected chi connectivity index (χ2v) is 8.70. The number of hydrogen-bond donors (Lipinski definition) is 0. The van der Waals surface area contributed by atoms with Gasteiger partial charge >= 0.3 is 0 Å². The molecule has 1 fully saturated rings. The van der Waals surface area contributed by atoms with Gasteiger partial charge in [-0.2, -0.15) is 0 Å². The number of carbonyl (C=O) groups excluding carboxylic acids is 1. The summed E-state index contributed by atoms with van der Waals surface area (Å²) in [5.41, 5.74) is 2.52. The molecule has 1 amide bonds. The zero-order valence-corrected chi connectivity index (χ0v) is 17.8. The summed E-state index contributed by atoms with van der Waals surface area (Å²) in [6.45, 7) is 1.97. The molecule has 0 aliphatic carbocycles. The van der Waals surface area contributed by atoms with Gasteiger partial charge < -0.3 is 4.42 Å². The van der Waals surface area contributed by atoms with Gasteiger partial charge in [0.1, 0.15) is 11.5 Å². The zero-order valence-electron chi connectivity index (χ0n) is 14.6. The summed E-state index contributed by atoms with van der Waals surface area (Å²) in [6, 6.07) is 16.4. The second kappa shape index (κ2) is 7.76. The molecule has 7 heteroatoms. The van der Waals surface area contributed by atoms with Gasteiger partial charge in [-0.1, -0.05) is 59.3 Å². The predicted octanol–water partition coefficient (Wildman–Crippen LogP) is 6.97. The number of thiocarbonyl (C=S) groups is 1. The first-order chi connectivity index (χ1) is 13.4. The van der Waals surface area contributed by atoms with Gasteiger partial charge in [-0.25, -0.2) is 0 Å². The Bertz CT molecular complexity index is 1140. The fraction of sp³-hybridized carbons (Fsp3) is 0.0476. The maximum absolute atomic E-state index is 12.9. The van der Waals surface area contributed by atoms with Crippen molar-refractivity contribution < 1.29 is 9.21 Å². The summed E-state index contributed by atoms with van der Waals surface area (Å²) < 4.78 is 6.36. The van der Waals surface area contributed by atoms with Crippen LogP contribution >= 0.6 is 47.2 Å². The van der Waals surface area contributed by atoms with E-state index in [-0.39, 0.29) is 5.91 Å². The quantitative estimate of drug-likeness (QED) is 0.321. The summed E-state index contributed by atoms with van der Waals surface area (Å²) in [5.74, 6) is 0.947. The molecule has 28 heavy (non-hydrogen) atoms. The Hall–Kier alpha value is -2.05. The average Bonchev–Trinajstić information content (AvgIpc) is 3.22. The summed E-state index contributed by atoms with van der Waals surface area (Å²) in [4.78, 5) is 14.9. The van der Waals surface area contributed by atoms with Crippen LogP contribution in [-0.2, 0) is 4.79 Å². The average molecular weight is 446 g/mol. The molecule has 0 saturated carbocycles. The van der Waals surface area contributed by atoms with E-state index in [4.69, 9.17) is 39.8 Å². The van der Waals surface area contributed by atoms with Crippen LogP contribution in [0.4, 0.5) is 5.69 Å². The van der Waals surface area contributed by atoms with Crippen LogP contribution in [0, 0.1) is 6.92 Å². The Morgan fingerprint density at radius 3 is 2.71 bits per heavy atom. The van der Waals surface area contributed by atoms with Gasteiger partial charge in [-0.05, 0) is 55.0 Å². The normalized spacial score (nSPS) is 15.7. The molecule has 2 aromatic carbocycles. The molecule has 3 aromatic rings. The Labute approximate surface area is 181 Å². The minimum absolute atomic E-state index is 0.167. The number of thioether (sulfide) groups is 1. The number of nitrogens with zero attached hydrogens (tertiary/aromatic N) is 1. The molecule has 0 atom stereocenters. The summed E-state index contributed by atoms with van der Waals surface area (Å²) in [7, 11) is 0. The molecule has 1 aromatic heterocycles. The van der Waals surface area contributed by atoms with Crippen LogP contribution < -0.4 is 4.90 Å². The van der Waals surface area contributed by atoms with E-state index in [1.165, 1.54) is 16.7 Å². The molecule has 0 spiro atoms. The lowest BCUT2D eigenvalue weighted by molar-refractivity contribution is -0.113. The van der Waals surface area contributed by atoms with Gasteiger partial charge in [0.2, 0.25) is 0 Å². The van der Waals surface area contributed by atoms with Gasteiger partial charge in [0.25, 0.3) is 5.91 Å². The van der Waals surface area contributed by atoms with E-state index in [2.05, 4.69) is 0 Å². The SMILES string of the molecule is Cc1cccc(N2C(=O)/C(=C\c3ccc(-c4cc(Cl)ccc4Cl)o3)SC2=S)c1. The van der Waals surface area contributed by atoms with Crippen LogP contribution in [0.2, 0.25) is 10.0 Å². The molecule has 3 nitrogen and oxygen atoms in total. The van der Waals surface area contributed by atoms with Crippen LogP contribution in [0.5, 0.6) is 0 Å². The number of benzene rings is 2. The molecular weight excluding hydrogens is 433 g/mol.